The minimum atomic E-state index is -0.753. The second-order valence-electron chi connectivity index (χ2n) is 7.72. The van der Waals surface area contributed by atoms with Crippen molar-refractivity contribution in [1.82, 2.24) is 4.90 Å². The van der Waals surface area contributed by atoms with Crippen molar-refractivity contribution < 1.29 is 19.4 Å². The first-order valence-electron chi connectivity index (χ1n) is 11.0. The van der Waals surface area contributed by atoms with E-state index in [0.717, 1.165) is 24.3 Å². The van der Waals surface area contributed by atoms with Crippen molar-refractivity contribution in [3.63, 3.8) is 0 Å². The second-order valence-corrected chi connectivity index (χ2v) is 8.57. The number of carbonyl (C=O) groups excluding carboxylic acids is 2. The number of methoxy groups -OCH3 is 1. The van der Waals surface area contributed by atoms with E-state index in [1.165, 1.54) is 24.1 Å². The predicted octanol–water partition coefficient (Wildman–Crippen LogP) is 5.68. The Bertz CT molecular complexity index is 1080. The van der Waals surface area contributed by atoms with E-state index in [0.29, 0.717) is 13.0 Å². The van der Waals surface area contributed by atoms with E-state index in [2.05, 4.69) is 18.7 Å². The van der Waals surface area contributed by atoms with Crippen LogP contribution in [-0.2, 0) is 9.59 Å². The zero-order valence-electron chi connectivity index (χ0n) is 19.2. The van der Waals surface area contributed by atoms with Crippen LogP contribution < -0.4 is 9.64 Å². The maximum atomic E-state index is 13.1. The van der Waals surface area contributed by atoms with Crippen molar-refractivity contribution >= 4 is 46.3 Å². The van der Waals surface area contributed by atoms with Crippen LogP contribution in [0.4, 0.5) is 5.69 Å². The minimum Gasteiger partial charge on any atom is -0.507 e. The summed E-state index contributed by atoms with van der Waals surface area (Å²) in [4.78, 5) is 29.7. The molecule has 1 aliphatic rings. The number of carbonyl (C=O) groups is 2. The Balaban J connectivity index is 2.21. The van der Waals surface area contributed by atoms with Gasteiger partial charge in [-0.25, -0.2) is 0 Å². The Kier molecular flexibility index (Phi) is 7.92. The molecule has 8 heteroatoms. The average Bonchev–Trinajstić information content (AvgIpc) is 3.04. The molecule has 176 valence electrons. The van der Waals surface area contributed by atoms with Crippen molar-refractivity contribution in [2.24, 2.45) is 0 Å². The van der Waals surface area contributed by atoms with E-state index in [1.807, 2.05) is 31.2 Å². The number of nitrogens with zero attached hydrogens (tertiary/aromatic N) is 2. The fraction of sp³-hybridized carbons (Fsp3) is 0.360. The summed E-state index contributed by atoms with van der Waals surface area (Å²) in [6.07, 6.45) is 0.660. The van der Waals surface area contributed by atoms with Crippen molar-refractivity contribution in [3.05, 3.63) is 63.1 Å². The van der Waals surface area contributed by atoms with E-state index < -0.39 is 17.7 Å². The second kappa shape index (κ2) is 10.5. The lowest BCUT2D eigenvalue weighted by atomic mass is 9.94. The number of anilines is 1. The van der Waals surface area contributed by atoms with E-state index in [1.54, 1.807) is 0 Å². The molecule has 1 aliphatic heterocycles. The van der Waals surface area contributed by atoms with Crippen LogP contribution in [0.3, 0.4) is 0 Å². The zero-order valence-corrected chi connectivity index (χ0v) is 20.7. The summed E-state index contributed by atoms with van der Waals surface area (Å²) in [5, 5.41) is 11.7. The molecule has 1 saturated heterocycles. The highest BCUT2D eigenvalue weighted by Crippen LogP contribution is 2.43. The average molecular weight is 491 g/mol. The topological polar surface area (TPSA) is 70.1 Å². The van der Waals surface area contributed by atoms with Crippen molar-refractivity contribution in [2.45, 2.75) is 33.2 Å². The Morgan fingerprint density at radius 2 is 1.73 bits per heavy atom. The quantitative estimate of drug-likeness (QED) is 0.292. The molecule has 1 amide bonds. The van der Waals surface area contributed by atoms with E-state index >= 15 is 0 Å². The lowest BCUT2D eigenvalue weighted by Gasteiger charge is -2.26. The molecule has 1 fully saturated rings. The standard InChI is InChI=1S/C25H28Cl2N2O4/c1-5-12-29-21(15-8-10-17(11-9-15)28(6-2)7-3)20(23(31)25(29)32)22(30)18-13-16(26)14-19(27)24(18)33-4/h8-11,13-14,21,30H,5-7,12H2,1-4H3/b22-20+. The summed E-state index contributed by atoms with van der Waals surface area (Å²) in [6, 6.07) is 9.92. The molecular formula is C25H28Cl2N2O4. The van der Waals surface area contributed by atoms with Crippen LogP contribution in [0, 0.1) is 0 Å². The molecule has 2 aromatic rings. The molecule has 0 aromatic heterocycles. The highest BCUT2D eigenvalue weighted by atomic mass is 35.5. The first-order valence-corrected chi connectivity index (χ1v) is 11.7. The minimum absolute atomic E-state index is 0.0133. The summed E-state index contributed by atoms with van der Waals surface area (Å²) in [5.74, 6) is -1.60. The first-order chi connectivity index (χ1) is 15.8. The van der Waals surface area contributed by atoms with Crippen LogP contribution in [0.15, 0.2) is 42.0 Å². The number of Topliss-reactive ketones (excluding diaryl/α,β-unsaturated/α-hetero) is 1. The van der Waals surface area contributed by atoms with Crippen LogP contribution in [0.1, 0.15) is 44.4 Å². The van der Waals surface area contributed by atoms with Gasteiger partial charge in [-0.1, -0.05) is 42.3 Å². The Morgan fingerprint density at radius 1 is 1.09 bits per heavy atom. The molecule has 1 N–H and O–H groups in total. The number of likely N-dealkylation sites (tertiary alicyclic amines) is 1. The van der Waals surface area contributed by atoms with Crippen LogP contribution >= 0.6 is 23.2 Å². The van der Waals surface area contributed by atoms with Crippen LogP contribution in [0.2, 0.25) is 10.0 Å². The summed E-state index contributed by atoms with van der Waals surface area (Å²) in [6.45, 7) is 8.18. The molecule has 0 bridgehead atoms. The van der Waals surface area contributed by atoms with Gasteiger partial charge in [0.2, 0.25) is 0 Å². The molecule has 33 heavy (non-hydrogen) atoms. The maximum absolute atomic E-state index is 13.1. The van der Waals surface area contributed by atoms with Gasteiger partial charge in [-0.05, 0) is 50.1 Å². The first kappa shape index (κ1) is 24.9. The Hall–Kier alpha value is -2.70. The van der Waals surface area contributed by atoms with Crippen molar-refractivity contribution in [3.8, 4) is 5.75 Å². The molecule has 0 spiro atoms. The lowest BCUT2D eigenvalue weighted by molar-refractivity contribution is -0.139. The Morgan fingerprint density at radius 3 is 2.27 bits per heavy atom. The number of aliphatic hydroxyl groups is 1. The van der Waals surface area contributed by atoms with E-state index in [4.69, 9.17) is 27.9 Å². The fourth-order valence-corrected chi connectivity index (χ4v) is 4.81. The number of ketones is 1. The number of hydrogen-bond donors (Lipinski definition) is 1. The normalized spacial score (nSPS) is 17.5. The molecule has 6 nitrogen and oxygen atoms in total. The largest absolute Gasteiger partial charge is 0.507 e. The van der Waals surface area contributed by atoms with E-state index in [9.17, 15) is 14.7 Å². The molecule has 1 heterocycles. The van der Waals surface area contributed by atoms with Gasteiger partial charge in [0, 0.05) is 30.3 Å². The predicted molar refractivity (Wildman–Crippen MR) is 132 cm³/mol. The van der Waals surface area contributed by atoms with Gasteiger partial charge in [0.05, 0.1) is 29.3 Å². The zero-order chi connectivity index (χ0) is 24.3. The third-order valence-corrected chi connectivity index (χ3v) is 6.31. The molecule has 0 saturated carbocycles. The SMILES string of the molecule is CCCN1C(=O)C(=O)/C(=C(/O)c2cc(Cl)cc(Cl)c2OC)C1c1ccc(N(CC)CC)cc1. The van der Waals surface area contributed by atoms with Crippen LogP contribution in [-0.4, -0.2) is 48.4 Å². The highest BCUT2D eigenvalue weighted by molar-refractivity contribution is 6.46. The summed E-state index contributed by atoms with van der Waals surface area (Å²) < 4.78 is 5.36. The molecule has 1 unspecified atom stereocenters. The molecule has 1 atom stereocenters. The smallest absolute Gasteiger partial charge is 0.295 e. The van der Waals surface area contributed by atoms with E-state index in [-0.39, 0.29) is 32.7 Å². The number of ether oxygens (including phenoxy) is 1. The highest BCUT2D eigenvalue weighted by Gasteiger charge is 2.46. The summed E-state index contributed by atoms with van der Waals surface area (Å²) >= 11 is 12.4. The Labute approximate surface area is 204 Å². The van der Waals surface area contributed by atoms with Crippen molar-refractivity contribution in [2.75, 3.05) is 31.6 Å². The number of amides is 1. The third kappa shape index (κ3) is 4.68. The van der Waals surface area contributed by atoms with Gasteiger partial charge in [-0.3, -0.25) is 9.59 Å². The summed E-state index contributed by atoms with van der Waals surface area (Å²) in [5.41, 5.74) is 1.92. The van der Waals surface area contributed by atoms with Gasteiger partial charge in [0.25, 0.3) is 11.7 Å². The fourth-order valence-electron chi connectivity index (χ4n) is 4.24. The van der Waals surface area contributed by atoms with Gasteiger partial charge < -0.3 is 19.6 Å². The number of hydrogen-bond acceptors (Lipinski definition) is 5. The lowest BCUT2D eigenvalue weighted by Crippen LogP contribution is -2.30. The van der Waals surface area contributed by atoms with Crippen molar-refractivity contribution in [1.29, 1.82) is 0 Å². The monoisotopic (exact) mass is 490 g/mol. The third-order valence-electron chi connectivity index (χ3n) is 5.81. The maximum Gasteiger partial charge on any atom is 0.295 e. The number of rotatable bonds is 8. The van der Waals surface area contributed by atoms with Gasteiger partial charge in [0.1, 0.15) is 11.5 Å². The molecular weight excluding hydrogens is 463 g/mol. The molecule has 0 aliphatic carbocycles. The van der Waals surface area contributed by atoms with Gasteiger partial charge >= 0.3 is 0 Å². The van der Waals surface area contributed by atoms with Gasteiger partial charge in [-0.15, -0.1) is 0 Å². The van der Waals surface area contributed by atoms with Crippen LogP contribution in [0.5, 0.6) is 5.75 Å². The van der Waals surface area contributed by atoms with Crippen LogP contribution in [0.25, 0.3) is 5.76 Å². The summed E-state index contributed by atoms with van der Waals surface area (Å²) in [7, 11) is 1.41. The number of aliphatic hydroxyl groups excluding tert-OH is 1. The molecule has 2 aromatic carbocycles. The van der Waals surface area contributed by atoms with Gasteiger partial charge in [0.15, 0.2) is 0 Å². The molecule has 3 rings (SSSR count). The number of benzene rings is 2. The molecule has 0 radical (unpaired) electrons. The number of halogens is 2. The van der Waals surface area contributed by atoms with Gasteiger partial charge in [-0.2, -0.15) is 0 Å².